The van der Waals surface area contributed by atoms with Crippen LogP contribution >= 0.6 is 11.3 Å². The van der Waals surface area contributed by atoms with Gasteiger partial charge in [0, 0.05) is 11.1 Å². The maximum atomic E-state index is 12.2. The van der Waals surface area contributed by atoms with Crippen LogP contribution in [-0.4, -0.2) is 10.9 Å². The molecule has 1 N–H and O–H groups in total. The molecule has 0 fully saturated rings. The summed E-state index contributed by atoms with van der Waals surface area (Å²) in [6, 6.07) is 14.5. The highest BCUT2D eigenvalue weighted by Crippen LogP contribution is 2.37. The van der Waals surface area contributed by atoms with Crippen molar-refractivity contribution in [2.45, 2.75) is 13.3 Å². The first-order valence-electron chi connectivity index (χ1n) is 7.15. The van der Waals surface area contributed by atoms with E-state index in [1.54, 1.807) is 5.38 Å². The summed E-state index contributed by atoms with van der Waals surface area (Å²) in [6.07, 6.45) is 0.922. The minimum absolute atomic E-state index is 0.153. The zero-order valence-corrected chi connectivity index (χ0v) is 12.9. The first-order valence-corrected chi connectivity index (χ1v) is 8.03. The molecule has 0 radical (unpaired) electrons. The first-order chi connectivity index (χ1) is 10.7. The van der Waals surface area contributed by atoms with Crippen LogP contribution in [0.1, 0.15) is 26.6 Å². The number of hydrogen-bond acceptors (Lipinski definition) is 3. The minimum Gasteiger partial charge on any atom is -0.321 e. The molecule has 0 saturated carbocycles. The molecule has 0 atom stereocenters. The third-order valence-electron chi connectivity index (χ3n) is 3.90. The van der Waals surface area contributed by atoms with Crippen molar-refractivity contribution >= 4 is 22.9 Å². The number of nitrogens with one attached hydrogen (secondary N) is 1. The monoisotopic (exact) mass is 306 g/mol. The van der Waals surface area contributed by atoms with Gasteiger partial charge in [-0.3, -0.25) is 4.79 Å². The van der Waals surface area contributed by atoms with Crippen LogP contribution in [-0.2, 0) is 6.42 Å². The number of thiazole rings is 1. The van der Waals surface area contributed by atoms with Crippen molar-refractivity contribution in [1.82, 2.24) is 4.98 Å². The third-order valence-corrected chi connectivity index (χ3v) is 4.68. The van der Waals surface area contributed by atoms with E-state index in [4.69, 9.17) is 0 Å². The average Bonchev–Trinajstić information content (AvgIpc) is 3.10. The smallest absolute Gasteiger partial charge is 0.275 e. The summed E-state index contributed by atoms with van der Waals surface area (Å²) < 4.78 is 0. The summed E-state index contributed by atoms with van der Waals surface area (Å²) in [5.74, 6) is -0.153. The second kappa shape index (κ2) is 5.07. The lowest BCUT2D eigenvalue weighted by Crippen LogP contribution is -2.12. The van der Waals surface area contributed by atoms with E-state index in [0.717, 1.165) is 17.1 Å². The van der Waals surface area contributed by atoms with Gasteiger partial charge in [-0.2, -0.15) is 0 Å². The van der Waals surface area contributed by atoms with Crippen LogP contribution in [0, 0.1) is 6.92 Å². The van der Waals surface area contributed by atoms with Crippen molar-refractivity contribution in [3.63, 3.8) is 0 Å². The molecule has 4 rings (SSSR count). The fourth-order valence-corrected chi connectivity index (χ4v) is 3.48. The number of benzene rings is 2. The predicted octanol–water partition coefficient (Wildman–Crippen LogP) is 4.28. The standard InChI is InChI=1S/C18H14N2OS/c1-11-19-17(10-22-11)18(21)20-14-6-7-16-13(9-14)8-12-4-2-3-5-15(12)16/h2-7,9-10H,8H2,1H3,(H,20,21). The predicted molar refractivity (Wildman–Crippen MR) is 89.5 cm³/mol. The Hall–Kier alpha value is -2.46. The fraction of sp³-hybridized carbons (Fsp3) is 0.111. The van der Waals surface area contributed by atoms with Crippen molar-refractivity contribution in [2.75, 3.05) is 5.32 Å². The second-order valence-electron chi connectivity index (χ2n) is 5.41. The zero-order valence-electron chi connectivity index (χ0n) is 12.1. The number of carbonyl (C=O) groups excluding carboxylic acids is 1. The van der Waals surface area contributed by atoms with Crippen LogP contribution in [0.15, 0.2) is 47.8 Å². The molecule has 0 aliphatic heterocycles. The molecule has 3 nitrogen and oxygen atoms in total. The number of carbonyl (C=O) groups is 1. The first kappa shape index (κ1) is 13.2. The number of amides is 1. The van der Waals surface area contributed by atoms with Gasteiger partial charge < -0.3 is 5.32 Å². The van der Waals surface area contributed by atoms with Gasteiger partial charge in [0.25, 0.3) is 5.91 Å². The van der Waals surface area contributed by atoms with Crippen LogP contribution in [0.4, 0.5) is 5.69 Å². The van der Waals surface area contributed by atoms with Gasteiger partial charge in [0.05, 0.1) is 5.01 Å². The molecule has 3 aromatic rings. The number of aromatic nitrogens is 1. The number of nitrogens with zero attached hydrogens (tertiary/aromatic N) is 1. The van der Waals surface area contributed by atoms with Crippen LogP contribution in [0.5, 0.6) is 0 Å². The molecule has 0 spiro atoms. The summed E-state index contributed by atoms with van der Waals surface area (Å²) in [5.41, 5.74) is 6.46. The SMILES string of the molecule is Cc1nc(C(=O)Nc2ccc3c(c2)Cc2ccccc2-3)cs1. The Morgan fingerprint density at radius 2 is 1.95 bits per heavy atom. The Kier molecular flexibility index (Phi) is 3.05. The van der Waals surface area contributed by atoms with Gasteiger partial charge in [-0.25, -0.2) is 4.98 Å². The summed E-state index contributed by atoms with van der Waals surface area (Å²) in [7, 11) is 0. The second-order valence-corrected chi connectivity index (χ2v) is 6.47. The van der Waals surface area contributed by atoms with Crippen molar-refractivity contribution < 1.29 is 4.79 Å². The summed E-state index contributed by atoms with van der Waals surface area (Å²) in [6.45, 7) is 1.90. The third kappa shape index (κ3) is 2.22. The lowest BCUT2D eigenvalue weighted by Gasteiger charge is -2.06. The minimum atomic E-state index is -0.153. The molecule has 1 aliphatic carbocycles. The number of anilines is 1. The molecule has 0 unspecified atom stereocenters. The zero-order chi connectivity index (χ0) is 15.1. The van der Waals surface area contributed by atoms with Crippen LogP contribution in [0.2, 0.25) is 0 Å². The molecule has 4 heteroatoms. The van der Waals surface area contributed by atoms with Crippen LogP contribution < -0.4 is 5.32 Å². The molecular formula is C18H14N2OS. The molecule has 2 aromatic carbocycles. The largest absolute Gasteiger partial charge is 0.321 e. The van der Waals surface area contributed by atoms with Crippen LogP contribution in [0.3, 0.4) is 0 Å². The highest BCUT2D eigenvalue weighted by atomic mass is 32.1. The van der Waals surface area contributed by atoms with Gasteiger partial charge in [0.15, 0.2) is 0 Å². The quantitative estimate of drug-likeness (QED) is 0.601. The van der Waals surface area contributed by atoms with E-state index in [2.05, 4.69) is 46.7 Å². The number of fused-ring (bicyclic) bond motifs is 3. The van der Waals surface area contributed by atoms with E-state index in [1.807, 2.05) is 13.0 Å². The van der Waals surface area contributed by atoms with Crippen molar-refractivity contribution in [3.8, 4) is 11.1 Å². The van der Waals surface area contributed by atoms with E-state index in [1.165, 1.54) is 33.6 Å². The molecule has 0 saturated heterocycles. The Bertz CT molecular complexity index is 882. The topological polar surface area (TPSA) is 42.0 Å². The molecular weight excluding hydrogens is 292 g/mol. The van der Waals surface area contributed by atoms with Crippen LogP contribution in [0.25, 0.3) is 11.1 Å². The summed E-state index contributed by atoms with van der Waals surface area (Å²) >= 11 is 1.48. The number of rotatable bonds is 2. The van der Waals surface area contributed by atoms with Gasteiger partial charge in [0.2, 0.25) is 0 Å². The fourth-order valence-electron chi connectivity index (χ4n) is 2.89. The maximum Gasteiger partial charge on any atom is 0.275 e. The summed E-state index contributed by atoms with van der Waals surface area (Å²) in [5, 5.41) is 5.62. The van der Waals surface area contributed by atoms with Gasteiger partial charge in [-0.1, -0.05) is 30.3 Å². The molecule has 108 valence electrons. The molecule has 1 aromatic heterocycles. The lowest BCUT2D eigenvalue weighted by atomic mass is 10.1. The molecule has 0 bridgehead atoms. The Morgan fingerprint density at radius 1 is 1.14 bits per heavy atom. The molecule has 1 aliphatic rings. The van der Waals surface area contributed by atoms with Gasteiger partial charge in [-0.15, -0.1) is 11.3 Å². The molecule has 22 heavy (non-hydrogen) atoms. The van der Waals surface area contributed by atoms with Gasteiger partial charge in [-0.05, 0) is 47.7 Å². The molecule has 1 heterocycles. The van der Waals surface area contributed by atoms with Gasteiger partial charge in [0.1, 0.15) is 5.69 Å². The number of hydrogen-bond donors (Lipinski definition) is 1. The van der Waals surface area contributed by atoms with E-state index in [-0.39, 0.29) is 5.91 Å². The normalized spacial score (nSPS) is 11.9. The highest BCUT2D eigenvalue weighted by molar-refractivity contribution is 7.09. The van der Waals surface area contributed by atoms with E-state index in [9.17, 15) is 4.79 Å². The summed E-state index contributed by atoms with van der Waals surface area (Å²) in [4.78, 5) is 16.4. The highest BCUT2D eigenvalue weighted by Gasteiger charge is 2.18. The van der Waals surface area contributed by atoms with Crippen molar-refractivity contribution in [1.29, 1.82) is 0 Å². The Morgan fingerprint density at radius 3 is 2.77 bits per heavy atom. The van der Waals surface area contributed by atoms with Crippen molar-refractivity contribution in [2.24, 2.45) is 0 Å². The molecule has 1 amide bonds. The van der Waals surface area contributed by atoms with Crippen molar-refractivity contribution in [3.05, 3.63) is 69.7 Å². The van der Waals surface area contributed by atoms with E-state index < -0.39 is 0 Å². The Balaban J connectivity index is 1.61. The average molecular weight is 306 g/mol. The number of aryl methyl sites for hydroxylation is 1. The van der Waals surface area contributed by atoms with E-state index >= 15 is 0 Å². The Labute approximate surface area is 132 Å². The van der Waals surface area contributed by atoms with Gasteiger partial charge >= 0.3 is 0 Å². The maximum absolute atomic E-state index is 12.2. The van der Waals surface area contributed by atoms with E-state index in [0.29, 0.717) is 5.69 Å². The lowest BCUT2D eigenvalue weighted by molar-refractivity contribution is 0.102.